The van der Waals surface area contributed by atoms with E-state index in [2.05, 4.69) is 15.8 Å². The van der Waals surface area contributed by atoms with E-state index >= 15 is 0 Å². The van der Waals surface area contributed by atoms with Gasteiger partial charge in [-0.25, -0.2) is 5.43 Å². The van der Waals surface area contributed by atoms with Gasteiger partial charge in [0.1, 0.15) is 11.5 Å². The summed E-state index contributed by atoms with van der Waals surface area (Å²) in [6.07, 6.45) is -0.0341. The molecule has 0 heterocycles. The van der Waals surface area contributed by atoms with Crippen LogP contribution >= 0.6 is 11.6 Å². The number of halogens is 1. The van der Waals surface area contributed by atoms with Gasteiger partial charge < -0.3 is 15.2 Å². The third-order valence-corrected chi connectivity index (χ3v) is 4.60. The van der Waals surface area contributed by atoms with Gasteiger partial charge in [0.2, 0.25) is 5.91 Å². The molecule has 0 spiro atoms. The molecule has 0 unspecified atom stereocenters. The molecule has 0 atom stereocenters. The van der Waals surface area contributed by atoms with Crippen LogP contribution in [0.15, 0.2) is 59.7 Å². The number of ether oxygens (including phenoxy) is 1. The number of nitrogens with zero attached hydrogens (tertiary/aromatic N) is 1. The van der Waals surface area contributed by atoms with Gasteiger partial charge in [0.15, 0.2) is 0 Å². The fourth-order valence-electron chi connectivity index (χ4n) is 2.84. The molecule has 0 radical (unpaired) electrons. The lowest BCUT2D eigenvalue weighted by Gasteiger charge is -2.08. The van der Waals surface area contributed by atoms with Crippen LogP contribution in [-0.4, -0.2) is 29.7 Å². The highest BCUT2D eigenvalue weighted by molar-refractivity contribution is 6.32. The molecule has 3 aromatic rings. The number of benzene rings is 3. The summed E-state index contributed by atoms with van der Waals surface area (Å²) >= 11 is 6.04. The van der Waals surface area contributed by atoms with Crippen molar-refractivity contribution in [3.05, 3.63) is 65.2 Å². The zero-order valence-electron chi connectivity index (χ0n) is 16.4. The minimum atomic E-state index is -0.569. The summed E-state index contributed by atoms with van der Waals surface area (Å²) in [4.78, 5) is 24.6. The molecule has 30 heavy (non-hydrogen) atoms. The van der Waals surface area contributed by atoms with E-state index < -0.39 is 5.91 Å². The van der Waals surface area contributed by atoms with Gasteiger partial charge in [0.05, 0.1) is 24.1 Å². The number of phenolic OH excluding ortho intramolecular Hbond substituents is 1. The molecule has 0 bridgehead atoms. The Labute approximate surface area is 178 Å². The predicted molar refractivity (Wildman–Crippen MR) is 117 cm³/mol. The Balaban J connectivity index is 1.62. The molecule has 0 aliphatic heterocycles. The van der Waals surface area contributed by atoms with Crippen molar-refractivity contribution in [2.75, 3.05) is 12.4 Å². The van der Waals surface area contributed by atoms with Crippen LogP contribution in [-0.2, 0) is 4.79 Å². The van der Waals surface area contributed by atoms with Crippen molar-refractivity contribution < 1.29 is 19.4 Å². The van der Waals surface area contributed by atoms with E-state index in [1.54, 1.807) is 31.2 Å². The molecule has 0 saturated heterocycles. The molecule has 3 rings (SSSR count). The number of nitrogens with one attached hydrogen (secondary N) is 2. The number of anilines is 1. The number of amides is 2. The number of carbonyl (C=O) groups excluding carboxylic acids is 2. The Kier molecular flexibility index (Phi) is 6.54. The van der Waals surface area contributed by atoms with Gasteiger partial charge in [0, 0.05) is 11.4 Å². The van der Waals surface area contributed by atoms with Crippen molar-refractivity contribution in [2.45, 2.75) is 13.3 Å². The van der Waals surface area contributed by atoms with Crippen molar-refractivity contribution in [3.8, 4) is 11.5 Å². The number of phenols is 1. The van der Waals surface area contributed by atoms with Crippen LogP contribution in [0, 0.1) is 0 Å². The van der Waals surface area contributed by atoms with Crippen LogP contribution in [0.2, 0.25) is 5.02 Å². The molecule has 3 N–H and O–H groups in total. The number of methoxy groups -OCH3 is 1. The van der Waals surface area contributed by atoms with Crippen LogP contribution in [0.4, 0.5) is 5.69 Å². The van der Waals surface area contributed by atoms with E-state index in [1.165, 1.54) is 13.2 Å². The van der Waals surface area contributed by atoms with Gasteiger partial charge in [0.25, 0.3) is 5.91 Å². The molecule has 3 aromatic carbocycles. The fourth-order valence-corrected chi connectivity index (χ4v) is 3.10. The predicted octanol–water partition coefficient (Wildman–Crippen LogP) is 4.34. The van der Waals surface area contributed by atoms with Crippen LogP contribution < -0.4 is 15.5 Å². The SMILES string of the molecule is COc1ccc(NC(=O)C/C(C)=N\NC(=O)c2cc3ccccc3cc2O)cc1Cl. The van der Waals surface area contributed by atoms with Crippen LogP contribution in [0.25, 0.3) is 10.8 Å². The Bertz CT molecular complexity index is 1140. The maximum Gasteiger partial charge on any atom is 0.275 e. The van der Waals surface area contributed by atoms with Gasteiger partial charge in [-0.15, -0.1) is 0 Å². The van der Waals surface area contributed by atoms with Gasteiger partial charge in [-0.3, -0.25) is 9.59 Å². The lowest BCUT2D eigenvalue weighted by atomic mass is 10.1. The minimum Gasteiger partial charge on any atom is -0.507 e. The van der Waals surface area contributed by atoms with Gasteiger partial charge >= 0.3 is 0 Å². The van der Waals surface area contributed by atoms with Crippen molar-refractivity contribution >= 4 is 45.6 Å². The second-order valence-corrected chi connectivity index (χ2v) is 6.99. The number of fused-ring (bicyclic) bond motifs is 1. The normalized spacial score (nSPS) is 11.2. The first-order valence-electron chi connectivity index (χ1n) is 9.06. The number of hydrogen-bond donors (Lipinski definition) is 3. The topological polar surface area (TPSA) is 100 Å². The molecular formula is C22H20ClN3O4. The summed E-state index contributed by atoms with van der Waals surface area (Å²) in [5, 5.41) is 18.8. The summed E-state index contributed by atoms with van der Waals surface area (Å²) < 4.78 is 5.07. The molecule has 2 amide bonds. The zero-order chi connectivity index (χ0) is 21.7. The fraction of sp³-hybridized carbons (Fsp3) is 0.136. The molecule has 0 aliphatic carbocycles. The second kappa shape index (κ2) is 9.28. The number of hydrazone groups is 1. The van der Waals surface area contributed by atoms with E-state index in [-0.39, 0.29) is 23.6 Å². The molecule has 7 nitrogen and oxygen atoms in total. The smallest absolute Gasteiger partial charge is 0.275 e. The molecule has 0 saturated carbocycles. The molecule has 8 heteroatoms. The summed E-state index contributed by atoms with van der Waals surface area (Å²) in [5.41, 5.74) is 3.38. The first kappa shape index (κ1) is 21.1. The molecule has 0 aliphatic rings. The van der Waals surface area contributed by atoms with Crippen molar-refractivity contribution in [1.29, 1.82) is 0 Å². The van der Waals surface area contributed by atoms with Crippen molar-refractivity contribution in [3.63, 3.8) is 0 Å². The Morgan fingerprint density at radius 1 is 1.10 bits per heavy atom. The van der Waals surface area contributed by atoms with Gasteiger partial charge in [-0.2, -0.15) is 5.10 Å². The van der Waals surface area contributed by atoms with E-state index in [4.69, 9.17) is 16.3 Å². The largest absolute Gasteiger partial charge is 0.507 e. The lowest BCUT2D eigenvalue weighted by Crippen LogP contribution is -2.21. The summed E-state index contributed by atoms with van der Waals surface area (Å²) in [6.45, 7) is 1.61. The van der Waals surface area contributed by atoms with Crippen molar-refractivity contribution in [1.82, 2.24) is 5.43 Å². The Morgan fingerprint density at radius 2 is 1.80 bits per heavy atom. The highest BCUT2D eigenvalue weighted by Crippen LogP contribution is 2.27. The number of aromatic hydroxyl groups is 1. The van der Waals surface area contributed by atoms with E-state index in [0.29, 0.717) is 22.2 Å². The summed E-state index contributed by atoms with van der Waals surface area (Å²) in [5.74, 6) is -0.527. The molecule has 0 aromatic heterocycles. The standard InChI is InChI=1S/C22H20ClN3O4/c1-13(9-21(28)24-16-7-8-20(30-2)18(23)12-16)25-26-22(29)17-10-14-5-3-4-6-15(14)11-19(17)27/h3-8,10-12,27H,9H2,1-2H3,(H,24,28)(H,26,29)/b25-13-. The zero-order valence-corrected chi connectivity index (χ0v) is 17.2. The third kappa shape index (κ3) is 5.07. The number of hydrogen-bond acceptors (Lipinski definition) is 5. The van der Waals surface area contributed by atoms with Crippen LogP contribution in [0.1, 0.15) is 23.7 Å². The highest BCUT2D eigenvalue weighted by atomic mass is 35.5. The van der Waals surface area contributed by atoms with Gasteiger partial charge in [-0.05, 0) is 48.0 Å². The monoisotopic (exact) mass is 425 g/mol. The lowest BCUT2D eigenvalue weighted by molar-refractivity contribution is -0.115. The maximum atomic E-state index is 12.4. The second-order valence-electron chi connectivity index (χ2n) is 6.58. The van der Waals surface area contributed by atoms with Crippen molar-refractivity contribution in [2.24, 2.45) is 5.10 Å². The maximum absolute atomic E-state index is 12.4. The highest BCUT2D eigenvalue weighted by Gasteiger charge is 2.13. The average Bonchev–Trinajstić information content (AvgIpc) is 2.71. The van der Waals surface area contributed by atoms with E-state index in [9.17, 15) is 14.7 Å². The van der Waals surface area contributed by atoms with Crippen LogP contribution in [0.5, 0.6) is 11.5 Å². The van der Waals surface area contributed by atoms with E-state index in [0.717, 1.165) is 10.8 Å². The van der Waals surface area contributed by atoms with Crippen LogP contribution in [0.3, 0.4) is 0 Å². The Morgan fingerprint density at radius 3 is 2.47 bits per heavy atom. The quantitative estimate of drug-likeness (QED) is 0.404. The Hall–Kier alpha value is -3.58. The molecule has 154 valence electrons. The average molecular weight is 426 g/mol. The number of carbonyl (C=O) groups is 2. The minimum absolute atomic E-state index is 0.0341. The molecule has 0 fully saturated rings. The first-order chi connectivity index (χ1) is 14.4. The third-order valence-electron chi connectivity index (χ3n) is 4.31. The number of rotatable bonds is 6. The first-order valence-corrected chi connectivity index (χ1v) is 9.44. The summed E-state index contributed by atoms with van der Waals surface area (Å²) in [7, 11) is 1.51. The molecular weight excluding hydrogens is 406 g/mol. The van der Waals surface area contributed by atoms with Gasteiger partial charge in [-0.1, -0.05) is 35.9 Å². The summed E-state index contributed by atoms with van der Waals surface area (Å²) in [6, 6.07) is 15.4. The van der Waals surface area contributed by atoms with E-state index in [1.807, 2.05) is 24.3 Å².